The molecule has 1 saturated heterocycles. The van der Waals surface area contributed by atoms with Gasteiger partial charge in [-0.3, -0.25) is 9.69 Å². The number of carbonyl (C=O) groups is 1. The number of aromatic nitrogens is 1. The molecule has 1 aliphatic heterocycles. The van der Waals surface area contributed by atoms with Crippen LogP contribution in [0.2, 0.25) is 0 Å². The lowest BCUT2D eigenvalue weighted by atomic mass is 10.0. The molecule has 0 spiro atoms. The normalized spacial score (nSPS) is 16.5. The number of nitrogens with one attached hydrogen (secondary N) is 2. The van der Waals surface area contributed by atoms with Gasteiger partial charge < -0.3 is 10.6 Å². The van der Waals surface area contributed by atoms with Crippen LogP contribution in [0.4, 0.5) is 5.82 Å². The fourth-order valence-corrected chi connectivity index (χ4v) is 3.54. The van der Waals surface area contributed by atoms with Gasteiger partial charge in [-0.1, -0.05) is 43.2 Å². The number of rotatable bonds is 6. The first-order chi connectivity index (χ1) is 12.8. The molecule has 1 aromatic heterocycles. The van der Waals surface area contributed by atoms with Crippen LogP contribution in [0.5, 0.6) is 0 Å². The number of benzene rings is 1. The lowest BCUT2D eigenvalue weighted by Gasteiger charge is -2.31. The van der Waals surface area contributed by atoms with Crippen molar-refractivity contribution >= 4 is 11.7 Å². The number of carbonyl (C=O) groups excluding carboxylic acids is 1. The Morgan fingerprint density at radius 1 is 1.12 bits per heavy atom. The first-order valence-corrected chi connectivity index (χ1v) is 9.49. The van der Waals surface area contributed by atoms with Gasteiger partial charge in [-0.05, 0) is 43.6 Å². The minimum Gasteiger partial charge on any atom is -0.373 e. The van der Waals surface area contributed by atoms with E-state index in [0.717, 1.165) is 13.1 Å². The zero-order chi connectivity index (χ0) is 18.2. The molecule has 0 bridgehead atoms. The predicted octanol–water partition coefficient (Wildman–Crippen LogP) is 3.47. The minimum atomic E-state index is -0.0559. The molecule has 2 N–H and O–H groups in total. The van der Waals surface area contributed by atoms with Crippen molar-refractivity contribution in [2.24, 2.45) is 0 Å². The molecular weight excluding hydrogens is 324 g/mol. The van der Waals surface area contributed by atoms with E-state index in [0.29, 0.717) is 17.9 Å². The summed E-state index contributed by atoms with van der Waals surface area (Å²) >= 11 is 0. The Morgan fingerprint density at radius 3 is 2.54 bits per heavy atom. The van der Waals surface area contributed by atoms with E-state index < -0.39 is 0 Å². The Bertz CT molecular complexity index is 696. The van der Waals surface area contributed by atoms with Crippen LogP contribution in [0.1, 0.15) is 47.6 Å². The van der Waals surface area contributed by atoms with Gasteiger partial charge in [-0.15, -0.1) is 0 Å². The standard InChI is InChI=1S/C21H28N4O/c1-22-20-15-18(11-12-23-20)21(26)24-16-19(17-9-5-4-6-10-17)25-13-7-2-3-8-14-25/h4-6,9-12,15,19H,2-3,7-8,13-14,16H2,1H3,(H,22,23)(H,24,26)/t19-/m1/s1. The number of nitrogens with zero attached hydrogens (tertiary/aromatic N) is 2. The zero-order valence-electron chi connectivity index (χ0n) is 15.4. The van der Waals surface area contributed by atoms with Gasteiger partial charge in [0.25, 0.3) is 5.91 Å². The monoisotopic (exact) mass is 352 g/mol. The van der Waals surface area contributed by atoms with Crippen molar-refractivity contribution in [3.63, 3.8) is 0 Å². The van der Waals surface area contributed by atoms with Crippen LogP contribution in [0, 0.1) is 0 Å². The average Bonchev–Trinajstić information content (AvgIpc) is 2.98. The lowest BCUT2D eigenvalue weighted by Crippen LogP contribution is -2.38. The fraction of sp³-hybridized carbons (Fsp3) is 0.429. The largest absolute Gasteiger partial charge is 0.373 e. The second kappa shape index (κ2) is 9.34. The maximum atomic E-state index is 12.6. The summed E-state index contributed by atoms with van der Waals surface area (Å²) in [7, 11) is 1.80. The molecule has 1 amide bonds. The molecule has 0 saturated carbocycles. The molecule has 1 atom stereocenters. The quantitative estimate of drug-likeness (QED) is 0.836. The van der Waals surface area contributed by atoms with Gasteiger partial charge in [0, 0.05) is 25.4 Å². The van der Waals surface area contributed by atoms with Crippen LogP contribution >= 0.6 is 0 Å². The smallest absolute Gasteiger partial charge is 0.251 e. The van der Waals surface area contributed by atoms with E-state index in [1.807, 2.05) is 6.07 Å². The highest BCUT2D eigenvalue weighted by atomic mass is 16.1. The van der Waals surface area contributed by atoms with E-state index in [4.69, 9.17) is 0 Å². The molecule has 2 aromatic rings. The molecule has 0 radical (unpaired) electrons. The van der Waals surface area contributed by atoms with E-state index in [-0.39, 0.29) is 11.9 Å². The molecule has 0 unspecified atom stereocenters. The van der Waals surface area contributed by atoms with Crippen LogP contribution in [-0.4, -0.2) is 42.5 Å². The van der Waals surface area contributed by atoms with E-state index in [1.54, 1.807) is 25.4 Å². The summed E-state index contributed by atoms with van der Waals surface area (Å²) < 4.78 is 0. The van der Waals surface area contributed by atoms with Gasteiger partial charge >= 0.3 is 0 Å². The summed E-state index contributed by atoms with van der Waals surface area (Å²) in [5, 5.41) is 6.10. The van der Waals surface area contributed by atoms with Crippen molar-refractivity contribution in [3.8, 4) is 0 Å². The zero-order valence-corrected chi connectivity index (χ0v) is 15.4. The molecular formula is C21H28N4O. The summed E-state index contributed by atoms with van der Waals surface area (Å²) in [4.78, 5) is 19.3. The Morgan fingerprint density at radius 2 is 1.85 bits per heavy atom. The maximum absolute atomic E-state index is 12.6. The molecule has 138 valence electrons. The van der Waals surface area contributed by atoms with Crippen molar-refractivity contribution in [2.75, 3.05) is 32.0 Å². The maximum Gasteiger partial charge on any atom is 0.251 e. The van der Waals surface area contributed by atoms with E-state index >= 15 is 0 Å². The van der Waals surface area contributed by atoms with Gasteiger partial charge in [-0.2, -0.15) is 0 Å². The molecule has 5 nitrogen and oxygen atoms in total. The Labute approximate surface area is 155 Å². The molecule has 1 aliphatic rings. The van der Waals surface area contributed by atoms with Gasteiger partial charge in [0.15, 0.2) is 0 Å². The molecule has 3 rings (SSSR count). The number of anilines is 1. The van der Waals surface area contributed by atoms with Crippen LogP contribution in [-0.2, 0) is 0 Å². The number of hydrogen-bond donors (Lipinski definition) is 2. The van der Waals surface area contributed by atoms with Crippen LogP contribution in [0.3, 0.4) is 0 Å². The number of amides is 1. The van der Waals surface area contributed by atoms with Crippen molar-refractivity contribution in [1.82, 2.24) is 15.2 Å². The third-order valence-electron chi connectivity index (χ3n) is 5.00. The first kappa shape index (κ1) is 18.4. The highest BCUT2D eigenvalue weighted by molar-refractivity contribution is 5.94. The lowest BCUT2D eigenvalue weighted by molar-refractivity contribution is 0.0933. The first-order valence-electron chi connectivity index (χ1n) is 9.49. The number of pyridine rings is 1. The highest BCUT2D eigenvalue weighted by Crippen LogP contribution is 2.23. The van der Waals surface area contributed by atoms with E-state index in [1.165, 1.54) is 31.2 Å². The molecule has 0 aliphatic carbocycles. The van der Waals surface area contributed by atoms with Gasteiger partial charge in [0.1, 0.15) is 5.82 Å². The summed E-state index contributed by atoms with van der Waals surface area (Å²) in [6.45, 7) is 2.79. The van der Waals surface area contributed by atoms with Gasteiger partial charge in [0.2, 0.25) is 0 Å². The second-order valence-electron chi connectivity index (χ2n) is 6.77. The third-order valence-corrected chi connectivity index (χ3v) is 5.00. The predicted molar refractivity (Wildman–Crippen MR) is 105 cm³/mol. The highest BCUT2D eigenvalue weighted by Gasteiger charge is 2.22. The van der Waals surface area contributed by atoms with Crippen molar-refractivity contribution in [1.29, 1.82) is 0 Å². The molecule has 26 heavy (non-hydrogen) atoms. The topological polar surface area (TPSA) is 57.3 Å². The second-order valence-corrected chi connectivity index (χ2v) is 6.77. The fourth-order valence-electron chi connectivity index (χ4n) is 3.54. The summed E-state index contributed by atoms with van der Waals surface area (Å²) in [5.74, 6) is 0.643. The van der Waals surface area contributed by atoms with Gasteiger partial charge in [0.05, 0.1) is 6.04 Å². The number of hydrogen-bond acceptors (Lipinski definition) is 4. The summed E-state index contributed by atoms with van der Waals surface area (Å²) in [6, 6.07) is 14.2. The van der Waals surface area contributed by atoms with Crippen molar-refractivity contribution in [2.45, 2.75) is 31.7 Å². The van der Waals surface area contributed by atoms with Crippen LogP contribution < -0.4 is 10.6 Å². The average molecular weight is 352 g/mol. The van der Waals surface area contributed by atoms with Crippen molar-refractivity contribution in [3.05, 3.63) is 59.8 Å². The van der Waals surface area contributed by atoms with E-state index in [9.17, 15) is 4.79 Å². The van der Waals surface area contributed by atoms with Crippen LogP contribution in [0.25, 0.3) is 0 Å². The number of likely N-dealkylation sites (tertiary alicyclic amines) is 1. The SMILES string of the molecule is CNc1cc(C(=O)NC[C@H](c2ccccc2)N2CCCCCC2)ccn1. The van der Waals surface area contributed by atoms with Gasteiger partial charge in [-0.25, -0.2) is 4.98 Å². The van der Waals surface area contributed by atoms with Crippen LogP contribution in [0.15, 0.2) is 48.7 Å². The summed E-state index contributed by atoms with van der Waals surface area (Å²) in [5.41, 5.74) is 1.90. The van der Waals surface area contributed by atoms with Crippen molar-refractivity contribution < 1.29 is 4.79 Å². The Balaban J connectivity index is 1.71. The van der Waals surface area contributed by atoms with E-state index in [2.05, 4.69) is 44.8 Å². The molecule has 1 fully saturated rings. The Kier molecular flexibility index (Phi) is 6.61. The molecule has 1 aromatic carbocycles. The molecule has 2 heterocycles. The summed E-state index contributed by atoms with van der Waals surface area (Å²) in [6.07, 6.45) is 6.72. The Hall–Kier alpha value is -2.40. The molecule has 5 heteroatoms. The minimum absolute atomic E-state index is 0.0559. The third kappa shape index (κ3) is 4.82.